The lowest BCUT2D eigenvalue weighted by Gasteiger charge is -2.07. The molecule has 0 radical (unpaired) electrons. The van der Waals surface area contributed by atoms with Gasteiger partial charge in [0.1, 0.15) is 5.82 Å². The second-order valence-corrected chi connectivity index (χ2v) is 4.08. The summed E-state index contributed by atoms with van der Waals surface area (Å²) in [5.41, 5.74) is 2.28. The number of aryl methyl sites for hydroxylation is 1. The van der Waals surface area contributed by atoms with Crippen molar-refractivity contribution in [1.29, 1.82) is 0 Å². The van der Waals surface area contributed by atoms with E-state index in [-0.39, 0.29) is 0 Å². The van der Waals surface area contributed by atoms with E-state index >= 15 is 0 Å². The van der Waals surface area contributed by atoms with E-state index in [9.17, 15) is 8.78 Å². The smallest absolute Gasteiger partial charge is 0.160 e. The number of hydrogen-bond donors (Lipinski definition) is 0. The van der Waals surface area contributed by atoms with Crippen LogP contribution in [0.25, 0.3) is 16.7 Å². The fourth-order valence-electron chi connectivity index (χ4n) is 2.10. The molecule has 1 heterocycles. The topological polar surface area (TPSA) is 17.8 Å². The highest BCUT2D eigenvalue weighted by Gasteiger charge is 2.10. The minimum atomic E-state index is -0.857. The lowest BCUT2D eigenvalue weighted by atomic mass is 10.2. The maximum absolute atomic E-state index is 13.3. The minimum Gasteiger partial charge on any atom is -0.296 e. The monoisotopic (exact) mass is 244 g/mol. The zero-order chi connectivity index (χ0) is 12.7. The molecular weight excluding hydrogens is 234 g/mol. The predicted octanol–water partition coefficient (Wildman–Crippen LogP) is 3.61. The Morgan fingerprint density at radius 2 is 1.78 bits per heavy atom. The number of rotatable bonds is 1. The molecule has 0 saturated heterocycles. The number of benzene rings is 2. The van der Waals surface area contributed by atoms with Crippen LogP contribution in [0.4, 0.5) is 8.78 Å². The van der Waals surface area contributed by atoms with Crippen LogP contribution in [0.2, 0.25) is 0 Å². The van der Waals surface area contributed by atoms with Crippen LogP contribution in [0, 0.1) is 18.6 Å². The van der Waals surface area contributed by atoms with Crippen molar-refractivity contribution in [1.82, 2.24) is 9.55 Å². The fourth-order valence-corrected chi connectivity index (χ4v) is 2.10. The van der Waals surface area contributed by atoms with E-state index in [0.29, 0.717) is 5.69 Å². The molecule has 2 nitrogen and oxygen atoms in total. The lowest BCUT2D eigenvalue weighted by Crippen LogP contribution is -1.98. The number of imidazole rings is 1. The van der Waals surface area contributed by atoms with Gasteiger partial charge in [0.15, 0.2) is 11.6 Å². The molecule has 1 aromatic heterocycles. The summed E-state index contributed by atoms with van der Waals surface area (Å²) < 4.78 is 28.1. The Balaban J connectivity index is 2.30. The Labute approximate surface area is 103 Å². The lowest BCUT2D eigenvalue weighted by molar-refractivity contribution is 0.508. The first-order valence-electron chi connectivity index (χ1n) is 5.56. The largest absolute Gasteiger partial charge is 0.296 e. The van der Waals surface area contributed by atoms with Crippen LogP contribution in [0.1, 0.15) is 5.82 Å². The number of fused-ring (bicyclic) bond motifs is 1. The van der Waals surface area contributed by atoms with E-state index in [1.165, 1.54) is 6.07 Å². The SMILES string of the molecule is Cc1nc2ccccc2n1-c1ccc(F)c(F)c1. The van der Waals surface area contributed by atoms with Crippen LogP contribution in [0.15, 0.2) is 42.5 Å². The van der Waals surface area contributed by atoms with Crippen molar-refractivity contribution in [3.63, 3.8) is 0 Å². The van der Waals surface area contributed by atoms with Crippen LogP contribution >= 0.6 is 0 Å². The number of nitrogens with zero attached hydrogens (tertiary/aromatic N) is 2. The molecule has 0 unspecified atom stereocenters. The second-order valence-electron chi connectivity index (χ2n) is 4.08. The third kappa shape index (κ3) is 1.57. The molecule has 0 bridgehead atoms. The van der Waals surface area contributed by atoms with Gasteiger partial charge in [-0.05, 0) is 31.2 Å². The maximum atomic E-state index is 13.3. The standard InChI is InChI=1S/C14H10F2N2/c1-9-17-13-4-2-3-5-14(13)18(9)10-6-7-11(15)12(16)8-10/h2-8H,1H3. The van der Waals surface area contributed by atoms with Gasteiger partial charge in [-0.15, -0.1) is 0 Å². The Hall–Kier alpha value is -2.23. The molecule has 0 aliphatic carbocycles. The van der Waals surface area contributed by atoms with E-state index in [1.54, 1.807) is 10.6 Å². The fraction of sp³-hybridized carbons (Fsp3) is 0.0714. The Morgan fingerprint density at radius 1 is 1.00 bits per heavy atom. The molecule has 2 aromatic carbocycles. The van der Waals surface area contributed by atoms with E-state index in [0.717, 1.165) is 22.9 Å². The molecule has 0 spiro atoms. The number of hydrogen-bond acceptors (Lipinski definition) is 1. The van der Waals surface area contributed by atoms with Crippen LogP contribution in [0.5, 0.6) is 0 Å². The maximum Gasteiger partial charge on any atom is 0.160 e. The van der Waals surface area contributed by atoms with Crippen molar-refractivity contribution in [3.05, 3.63) is 59.9 Å². The predicted molar refractivity (Wildman–Crippen MR) is 65.7 cm³/mol. The highest BCUT2D eigenvalue weighted by molar-refractivity contribution is 5.78. The number of halogens is 2. The van der Waals surface area contributed by atoms with Crippen LogP contribution in [-0.2, 0) is 0 Å². The summed E-state index contributed by atoms with van der Waals surface area (Å²) >= 11 is 0. The summed E-state index contributed by atoms with van der Waals surface area (Å²) in [5.74, 6) is -0.965. The number of para-hydroxylation sites is 2. The third-order valence-corrected chi connectivity index (χ3v) is 2.89. The molecule has 0 fully saturated rings. The normalized spacial score (nSPS) is 11.1. The molecule has 90 valence electrons. The molecule has 3 aromatic rings. The Bertz CT molecular complexity index is 732. The van der Waals surface area contributed by atoms with Gasteiger partial charge in [0, 0.05) is 6.07 Å². The first-order chi connectivity index (χ1) is 8.66. The molecule has 0 saturated carbocycles. The van der Waals surface area contributed by atoms with Crippen LogP contribution < -0.4 is 0 Å². The molecule has 0 amide bonds. The summed E-state index contributed by atoms with van der Waals surface area (Å²) in [6.45, 7) is 1.83. The van der Waals surface area contributed by atoms with Crippen LogP contribution in [-0.4, -0.2) is 9.55 Å². The average molecular weight is 244 g/mol. The van der Waals surface area contributed by atoms with E-state index in [2.05, 4.69) is 4.98 Å². The average Bonchev–Trinajstić information content (AvgIpc) is 2.69. The van der Waals surface area contributed by atoms with Gasteiger partial charge in [-0.2, -0.15) is 0 Å². The third-order valence-electron chi connectivity index (χ3n) is 2.89. The summed E-state index contributed by atoms with van der Waals surface area (Å²) in [5, 5.41) is 0. The van der Waals surface area contributed by atoms with Gasteiger partial charge in [0.2, 0.25) is 0 Å². The van der Waals surface area contributed by atoms with Crippen molar-refractivity contribution < 1.29 is 8.78 Å². The molecule has 3 rings (SSSR count). The first-order valence-corrected chi connectivity index (χ1v) is 5.56. The highest BCUT2D eigenvalue weighted by atomic mass is 19.2. The van der Waals surface area contributed by atoms with Crippen molar-refractivity contribution in [3.8, 4) is 5.69 Å². The summed E-state index contributed by atoms with van der Waals surface area (Å²) in [6, 6.07) is 11.4. The molecular formula is C14H10F2N2. The minimum absolute atomic E-state index is 0.570. The molecule has 0 N–H and O–H groups in total. The zero-order valence-electron chi connectivity index (χ0n) is 9.69. The molecule has 4 heteroatoms. The van der Waals surface area contributed by atoms with Crippen molar-refractivity contribution in [2.75, 3.05) is 0 Å². The Morgan fingerprint density at radius 3 is 2.56 bits per heavy atom. The molecule has 18 heavy (non-hydrogen) atoms. The van der Waals surface area contributed by atoms with Crippen molar-refractivity contribution >= 4 is 11.0 Å². The van der Waals surface area contributed by atoms with E-state index in [4.69, 9.17) is 0 Å². The highest BCUT2D eigenvalue weighted by Crippen LogP contribution is 2.22. The second kappa shape index (κ2) is 3.91. The molecule has 0 aliphatic rings. The van der Waals surface area contributed by atoms with E-state index < -0.39 is 11.6 Å². The van der Waals surface area contributed by atoms with Crippen molar-refractivity contribution in [2.45, 2.75) is 6.92 Å². The van der Waals surface area contributed by atoms with Gasteiger partial charge in [-0.3, -0.25) is 4.57 Å². The van der Waals surface area contributed by atoms with Gasteiger partial charge in [-0.25, -0.2) is 13.8 Å². The van der Waals surface area contributed by atoms with Gasteiger partial charge in [-0.1, -0.05) is 12.1 Å². The van der Waals surface area contributed by atoms with Gasteiger partial charge in [0.25, 0.3) is 0 Å². The quantitative estimate of drug-likeness (QED) is 0.639. The summed E-state index contributed by atoms with van der Waals surface area (Å²) in [7, 11) is 0. The molecule has 0 aliphatic heterocycles. The van der Waals surface area contributed by atoms with Crippen molar-refractivity contribution in [2.24, 2.45) is 0 Å². The van der Waals surface area contributed by atoms with Gasteiger partial charge >= 0.3 is 0 Å². The zero-order valence-corrected chi connectivity index (χ0v) is 9.69. The molecule has 0 atom stereocenters. The van der Waals surface area contributed by atoms with Gasteiger partial charge in [0.05, 0.1) is 16.7 Å². The summed E-state index contributed by atoms with van der Waals surface area (Å²) in [6.07, 6.45) is 0. The Kier molecular flexibility index (Phi) is 2.37. The summed E-state index contributed by atoms with van der Waals surface area (Å²) in [4.78, 5) is 4.39. The first kappa shape index (κ1) is 10.9. The number of aromatic nitrogens is 2. The van der Waals surface area contributed by atoms with E-state index in [1.807, 2.05) is 31.2 Å². The van der Waals surface area contributed by atoms with Crippen LogP contribution in [0.3, 0.4) is 0 Å². The van der Waals surface area contributed by atoms with Gasteiger partial charge < -0.3 is 0 Å².